The summed E-state index contributed by atoms with van der Waals surface area (Å²) < 4.78 is 0. The molecule has 0 aliphatic heterocycles. The van der Waals surface area contributed by atoms with Crippen molar-refractivity contribution in [2.45, 2.75) is 20.4 Å². The molecule has 2 rings (SSSR count). The van der Waals surface area contributed by atoms with Gasteiger partial charge in [-0.3, -0.25) is 9.59 Å². The molecule has 0 atom stereocenters. The summed E-state index contributed by atoms with van der Waals surface area (Å²) in [5.41, 5.74) is 2.22. The van der Waals surface area contributed by atoms with Crippen molar-refractivity contribution in [3.8, 4) is 0 Å². The number of anilines is 2. The summed E-state index contributed by atoms with van der Waals surface area (Å²) in [5.74, 6) is 0.235. The maximum Gasteiger partial charge on any atom is 0.254 e. The van der Waals surface area contributed by atoms with Gasteiger partial charge in [-0.15, -0.1) is 0 Å². The van der Waals surface area contributed by atoms with E-state index in [4.69, 9.17) is 0 Å². The van der Waals surface area contributed by atoms with Gasteiger partial charge in [-0.2, -0.15) is 0 Å². The first-order valence-corrected chi connectivity index (χ1v) is 7.82. The molecule has 1 aromatic carbocycles. The first-order chi connectivity index (χ1) is 11.5. The molecule has 0 bridgehead atoms. The van der Waals surface area contributed by atoms with Crippen LogP contribution in [-0.4, -0.2) is 23.8 Å². The molecule has 0 saturated carbocycles. The number of aromatic nitrogens is 1. The largest absolute Gasteiger partial charge is 0.365 e. The van der Waals surface area contributed by atoms with E-state index < -0.39 is 0 Å². The molecule has 0 saturated heterocycles. The van der Waals surface area contributed by atoms with Gasteiger partial charge in [0.15, 0.2) is 0 Å². The summed E-state index contributed by atoms with van der Waals surface area (Å²) in [4.78, 5) is 27.8. The van der Waals surface area contributed by atoms with Crippen LogP contribution in [0.15, 0.2) is 42.6 Å². The Hall–Kier alpha value is -2.89. The molecule has 1 aromatic heterocycles. The predicted octanol–water partition coefficient (Wildman–Crippen LogP) is 2.65. The van der Waals surface area contributed by atoms with Crippen LogP contribution in [-0.2, 0) is 11.3 Å². The molecule has 0 aliphatic carbocycles. The molecular weight excluding hydrogens is 304 g/mol. The highest BCUT2D eigenvalue weighted by atomic mass is 16.2. The zero-order valence-electron chi connectivity index (χ0n) is 14.1. The molecule has 3 N–H and O–H groups in total. The highest BCUT2D eigenvalue weighted by Gasteiger charge is 2.11. The molecule has 6 heteroatoms. The van der Waals surface area contributed by atoms with Crippen molar-refractivity contribution < 1.29 is 9.59 Å². The first-order valence-electron chi connectivity index (χ1n) is 7.82. The minimum Gasteiger partial charge on any atom is -0.365 e. The van der Waals surface area contributed by atoms with Crippen molar-refractivity contribution in [1.29, 1.82) is 0 Å². The van der Waals surface area contributed by atoms with Gasteiger partial charge < -0.3 is 16.0 Å². The molecule has 24 heavy (non-hydrogen) atoms. The van der Waals surface area contributed by atoms with Crippen LogP contribution in [0.3, 0.4) is 0 Å². The maximum atomic E-state index is 11.8. The van der Waals surface area contributed by atoms with E-state index in [1.165, 1.54) is 0 Å². The van der Waals surface area contributed by atoms with Crippen molar-refractivity contribution in [1.82, 2.24) is 10.3 Å². The number of nitrogens with zero attached hydrogens (tertiary/aromatic N) is 1. The lowest BCUT2D eigenvalue weighted by molar-refractivity contribution is -0.118. The third-order valence-corrected chi connectivity index (χ3v) is 3.46. The second-order valence-electron chi connectivity index (χ2n) is 5.68. The fraction of sp³-hybridized carbons (Fsp3) is 0.278. The Bertz CT molecular complexity index is 728. The van der Waals surface area contributed by atoms with E-state index in [1.807, 2.05) is 38.1 Å². The molecule has 0 spiro atoms. The maximum absolute atomic E-state index is 11.8. The van der Waals surface area contributed by atoms with Crippen molar-refractivity contribution in [2.75, 3.05) is 17.7 Å². The van der Waals surface area contributed by atoms with Crippen LogP contribution >= 0.6 is 0 Å². The van der Waals surface area contributed by atoms with Crippen molar-refractivity contribution in [3.05, 3.63) is 53.7 Å². The van der Waals surface area contributed by atoms with Gasteiger partial charge in [-0.25, -0.2) is 4.98 Å². The topological polar surface area (TPSA) is 83.1 Å². The number of hydrogen-bond acceptors (Lipinski definition) is 4. The van der Waals surface area contributed by atoms with E-state index in [0.717, 1.165) is 11.3 Å². The monoisotopic (exact) mass is 326 g/mol. The summed E-state index contributed by atoms with van der Waals surface area (Å²) in [5, 5.41) is 8.63. The summed E-state index contributed by atoms with van der Waals surface area (Å²) in [6, 6.07) is 11.0. The molecule has 0 fully saturated rings. The van der Waals surface area contributed by atoms with Crippen LogP contribution in [0.5, 0.6) is 0 Å². The Kier molecular flexibility index (Phi) is 5.89. The fourth-order valence-corrected chi connectivity index (χ4v) is 2.10. The van der Waals surface area contributed by atoms with Gasteiger partial charge in [0, 0.05) is 31.4 Å². The zero-order valence-corrected chi connectivity index (χ0v) is 14.1. The number of carbonyl (C=O) groups excluding carboxylic acids is 2. The van der Waals surface area contributed by atoms with Gasteiger partial charge in [-0.1, -0.05) is 26.0 Å². The van der Waals surface area contributed by atoms with Crippen molar-refractivity contribution in [2.24, 2.45) is 5.92 Å². The van der Waals surface area contributed by atoms with Crippen LogP contribution in [0, 0.1) is 5.92 Å². The molecule has 0 unspecified atom stereocenters. The molecule has 1 heterocycles. The Morgan fingerprint density at radius 2 is 1.96 bits per heavy atom. The standard InChI is InChI=1S/C18H22N4O2/c1-12(2)17(23)22-14-7-4-6-13(10-14)11-21-16-15(18(24)19-3)8-5-9-20-16/h4-10,12H,11H2,1-3H3,(H,19,24)(H,20,21)(H,22,23). The lowest BCUT2D eigenvalue weighted by Gasteiger charge is -2.12. The molecule has 6 nitrogen and oxygen atoms in total. The molecule has 0 radical (unpaired) electrons. The quantitative estimate of drug-likeness (QED) is 0.762. The Morgan fingerprint density at radius 3 is 2.67 bits per heavy atom. The van der Waals surface area contributed by atoms with Crippen LogP contribution in [0.2, 0.25) is 0 Å². The highest BCUT2D eigenvalue weighted by molar-refractivity contribution is 5.98. The third-order valence-electron chi connectivity index (χ3n) is 3.46. The Morgan fingerprint density at radius 1 is 1.17 bits per heavy atom. The van der Waals surface area contributed by atoms with E-state index >= 15 is 0 Å². The molecule has 0 aliphatic rings. The van der Waals surface area contributed by atoms with E-state index in [1.54, 1.807) is 25.4 Å². The first kappa shape index (κ1) is 17.5. The number of rotatable bonds is 6. The average Bonchev–Trinajstić information content (AvgIpc) is 2.59. The average molecular weight is 326 g/mol. The highest BCUT2D eigenvalue weighted by Crippen LogP contribution is 2.16. The van der Waals surface area contributed by atoms with E-state index in [0.29, 0.717) is 17.9 Å². The summed E-state index contributed by atoms with van der Waals surface area (Å²) in [6.45, 7) is 4.19. The van der Waals surface area contributed by atoms with Crippen LogP contribution in [0.4, 0.5) is 11.5 Å². The van der Waals surface area contributed by atoms with Crippen molar-refractivity contribution in [3.63, 3.8) is 0 Å². The molecular formula is C18H22N4O2. The second kappa shape index (κ2) is 8.10. The normalized spacial score (nSPS) is 10.3. The molecule has 2 aromatic rings. The number of carbonyl (C=O) groups is 2. The van der Waals surface area contributed by atoms with Gasteiger partial charge in [0.1, 0.15) is 5.82 Å². The van der Waals surface area contributed by atoms with Crippen LogP contribution in [0.1, 0.15) is 29.8 Å². The number of amides is 2. The zero-order chi connectivity index (χ0) is 17.5. The third kappa shape index (κ3) is 4.55. The summed E-state index contributed by atoms with van der Waals surface area (Å²) in [6.07, 6.45) is 1.63. The minimum absolute atomic E-state index is 0.0215. The van der Waals surface area contributed by atoms with E-state index in [2.05, 4.69) is 20.9 Å². The summed E-state index contributed by atoms with van der Waals surface area (Å²) >= 11 is 0. The van der Waals surface area contributed by atoms with E-state index in [-0.39, 0.29) is 17.7 Å². The van der Waals surface area contributed by atoms with Gasteiger partial charge in [0.2, 0.25) is 5.91 Å². The van der Waals surface area contributed by atoms with E-state index in [9.17, 15) is 9.59 Å². The lowest BCUT2D eigenvalue weighted by Crippen LogP contribution is -2.20. The SMILES string of the molecule is CNC(=O)c1cccnc1NCc1cccc(NC(=O)C(C)C)c1. The number of benzene rings is 1. The van der Waals surface area contributed by atoms with Crippen LogP contribution in [0.25, 0.3) is 0 Å². The summed E-state index contributed by atoms with van der Waals surface area (Å²) in [7, 11) is 1.58. The van der Waals surface area contributed by atoms with Gasteiger partial charge in [-0.05, 0) is 29.8 Å². The lowest BCUT2D eigenvalue weighted by atomic mass is 10.1. The van der Waals surface area contributed by atoms with Gasteiger partial charge in [0.05, 0.1) is 5.56 Å². The predicted molar refractivity (Wildman–Crippen MR) is 94.9 cm³/mol. The Labute approximate surface area is 141 Å². The number of hydrogen-bond donors (Lipinski definition) is 3. The molecule has 126 valence electrons. The number of nitrogens with one attached hydrogen (secondary N) is 3. The second-order valence-corrected chi connectivity index (χ2v) is 5.68. The van der Waals surface area contributed by atoms with Gasteiger partial charge in [0.25, 0.3) is 5.91 Å². The van der Waals surface area contributed by atoms with Crippen LogP contribution < -0.4 is 16.0 Å². The minimum atomic E-state index is -0.191. The molecule has 2 amide bonds. The van der Waals surface area contributed by atoms with Gasteiger partial charge >= 0.3 is 0 Å². The number of pyridine rings is 1. The fourth-order valence-electron chi connectivity index (χ4n) is 2.10. The van der Waals surface area contributed by atoms with Crippen molar-refractivity contribution >= 4 is 23.3 Å². The Balaban J connectivity index is 2.08. The smallest absolute Gasteiger partial charge is 0.254 e.